The van der Waals surface area contributed by atoms with Crippen LogP contribution in [0.4, 0.5) is 0 Å². The van der Waals surface area contributed by atoms with Crippen LogP contribution in [0.3, 0.4) is 0 Å². The number of carbonyl (C=O) groups excluding carboxylic acids is 1. The van der Waals surface area contributed by atoms with E-state index >= 15 is 0 Å². The van der Waals surface area contributed by atoms with E-state index < -0.39 is 21.8 Å². The minimum absolute atomic E-state index is 0.0423. The number of hydrogen-bond donors (Lipinski definition) is 2. The number of carbonyl (C=O) groups is 2. The van der Waals surface area contributed by atoms with E-state index in [9.17, 15) is 18.0 Å². The summed E-state index contributed by atoms with van der Waals surface area (Å²) in [6, 6.07) is 2.33. The number of piperidine rings is 1. The molecule has 3 aliphatic rings. The molecule has 3 atom stereocenters. The molecule has 4 rings (SSSR count). The lowest BCUT2D eigenvalue weighted by molar-refractivity contribution is -0.127. The van der Waals surface area contributed by atoms with E-state index in [-0.39, 0.29) is 48.3 Å². The fraction of sp³-hybridized carbons (Fsp3) is 0.647. The Balaban J connectivity index is 1.33. The number of hydrogen-bond acceptors (Lipinski definition) is 6. The van der Waals surface area contributed by atoms with Crippen LogP contribution in [0.2, 0.25) is 0 Å². The molecule has 2 bridgehead atoms. The number of fused-ring (bicyclic) bond motifs is 2. The zero-order valence-electron chi connectivity index (χ0n) is 14.7. The molecule has 0 aliphatic carbocycles. The highest BCUT2D eigenvalue weighted by molar-refractivity contribution is 7.89. The van der Waals surface area contributed by atoms with Crippen LogP contribution in [0, 0.1) is 5.92 Å². The molecule has 3 saturated heterocycles. The highest BCUT2D eigenvalue weighted by Gasteiger charge is 2.42. The van der Waals surface area contributed by atoms with Crippen molar-refractivity contribution in [3.05, 3.63) is 17.9 Å². The number of carboxylic acids is 1. The lowest BCUT2D eigenvalue weighted by Gasteiger charge is -2.31. The van der Waals surface area contributed by atoms with E-state index in [0.29, 0.717) is 12.8 Å². The van der Waals surface area contributed by atoms with Crippen molar-refractivity contribution in [2.24, 2.45) is 5.92 Å². The highest BCUT2D eigenvalue weighted by atomic mass is 32.2. The van der Waals surface area contributed by atoms with Crippen LogP contribution in [-0.2, 0) is 19.6 Å². The summed E-state index contributed by atoms with van der Waals surface area (Å²) in [5.41, 5.74) is 0. The Morgan fingerprint density at radius 2 is 1.89 bits per heavy atom. The third-order valence-electron chi connectivity index (χ3n) is 5.64. The van der Waals surface area contributed by atoms with Crippen LogP contribution in [-0.4, -0.2) is 61.0 Å². The average Bonchev–Trinajstić information content (AvgIpc) is 3.38. The quantitative estimate of drug-likeness (QED) is 0.752. The molecule has 0 radical (unpaired) electrons. The van der Waals surface area contributed by atoms with Crippen LogP contribution in [0.1, 0.15) is 42.7 Å². The van der Waals surface area contributed by atoms with Crippen molar-refractivity contribution >= 4 is 21.9 Å². The number of nitrogens with zero attached hydrogens (tertiary/aromatic N) is 1. The van der Waals surface area contributed by atoms with Crippen molar-refractivity contribution in [1.29, 1.82) is 0 Å². The Bertz CT molecular complexity index is 841. The molecule has 4 heterocycles. The SMILES string of the molecule is O=C(O)c1ccc(S(=O)(=O)N2CCC(C(=O)NC3CC4CCC3O4)CC2)o1. The molecule has 27 heavy (non-hydrogen) atoms. The summed E-state index contributed by atoms with van der Waals surface area (Å²) in [4.78, 5) is 23.4. The van der Waals surface area contributed by atoms with Gasteiger partial charge in [0.25, 0.3) is 10.0 Å². The molecule has 3 fully saturated rings. The van der Waals surface area contributed by atoms with E-state index in [4.69, 9.17) is 14.3 Å². The summed E-state index contributed by atoms with van der Waals surface area (Å²) < 4.78 is 37.1. The molecule has 3 unspecified atom stereocenters. The van der Waals surface area contributed by atoms with Crippen LogP contribution in [0.5, 0.6) is 0 Å². The van der Waals surface area contributed by atoms with Gasteiger partial charge >= 0.3 is 5.97 Å². The predicted molar refractivity (Wildman–Crippen MR) is 91.6 cm³/mol. The molecular formula is C17H22N2O7S. The first-order valence-electron chi connectivity index (χ1n) is 9.13. The Hall–Kier alpha value is -1.91. The standard InChI is InChI=1S/C17H22N2O7S/c20-16(18-12-9-11-1-2-13(12)25-11)10-5-7-19(8-6-10)27(23,24)15-4-3-14(26-15)17(21)22/h3-4,10-13H,1-2,5-9H2,(H,18,20)(H,21,22). The first-order valence-corrected chi connectivity index (χ1v) is 10.6. The fourth-order valence-corrected chi connectivity index (χ4v) is 5.53. The first kappa shape index (κ1) is 18.5. The van der Waals surface area contributed by atoms with E-state index in [0.717, 1.165) is 31.4 Å². The molecule has 1 amide bonds. The van der Waals surface area contributed by atoms with Crippen molar-refractivity contribution < 1.29 is 32.3 Å². The largest absolute Gasteiger partial charge is 0.475 e. The van der Waals surface area contributed by atoms with Gasteiger partial charge in [-0.15, -0.1) is 0 Å². The molecule has 0 saturated carbocycles. The third kappa shape index (κ3) is 3.48. The summed E-state index contributed by atoms with van der Waals surface area (Å²) in [6.07, 6.45) is 4.10. The molecule has 148 valence electrons. The second-order valence-corrected chi connectivity index (χ2v) is 9.20. The molecule has 0 spiro atoms. The van der Waals surface area contributed by atoms with E-state index in [1.165, 1.54) is 4.31 Å². The van der Waals surface area contributed by atoms with Crippen molar-refractivity contribution in [1.82, 2.24) is 9.62 Å². The summed E-state index contributed by atoms with van der Waals surface area (Å²) in [5.74, 6) is -2.02. The summed E-state index contributed by atoms with van der Waals surface area (Å²) in [6.45, 7) is 0.382. The molecule has 1 aromatic rings. The first-order chi connectivity index (χ1) is 12.8. The van der Waals surface area contributed by atoms with Gasteiger partial charge in [-0.1, -0.05) is 0 Å². The second kappa shape index (κ2) is 6.92. The van der Waals surface area contributed by atoms with Gasteiger partial charge in [-0.25, -0.2) is 13.2 Å². The van der Waals surface area contributed by atoms with Gasteiger partial charge < -0.3 is 19.6 Å². The Morgan fingerprint density at radius 1 is 1.15 bits per heavy atom. The molecule has 0 aromatic carbocycles. The number of furan rings is 1. The van der Waals surface area contributed by atoms with E-state index in [1.54, 1.807) is 0 Å². The Kier molecular flexibility index (Phi) is 4.73. The normalized spacial score (nSPS) is 29.1. The summed E-state index contributed by atoms with van der Waals surface area (Å²) in [7, 11) is -3.90. The minimum Gasteiger partial charge on any atom is -0.475 e. The van der Waals surface area contributed by atoms with Gasteiger partial charge in [0.05, 0.1) is 18.2 Å². The lowest BCUT2D eigenvalue weighted by Crippen LogP contribution is -2.47. The monoisotopic (exact) mass is 398 g/mol. The smallest absolute Gasteiger partial charge is 0.371 e. The van der Waals surface area contributed by atoms with Gasteiger partial charge in [0.1, 0.15) is 0 Å². The zero-order valence-corrected chi connectivity index (χ0v) is 15.5. The molecule has 3 aliphatic heterocycles. The van der Waals surface area contributed by atoms with Crippen LogP contribution in [0.15, 0.2) is 21.6 Å². The van der Waals surface area contributed by atoms with Gasteiger partial charge in [-0.2, -0.15) is 4.31 Å². The maximum Gasteiger partial charge on any atom is 0.371 e. The number of ether oxygens (including phenoxy) is 1. The van der Waals surface area contributed by atoms with Crippen LogP contribution in [0.25, 0.3) is 0 Å². The Labute approximate surface area is 156 Å². The molecule has 9 nitrogen and oxygen atoms in total. The summed E-state index contributed by atoms with van der Waals surface area (Å²) in [5, 5.41) is 11.5. The van der Waals surface area contributed by atoms with Gasteiger partial charge in [-0.3, -0.25) is 4.79 Å². The number of aromatic carboxylic acids is 1. The fourth-order valence-electron chi connectivity index (χ4n) is 4.15. The van der Waals surface area contributed by atoms with Gasteiger partial charge in [0.15, 0.2) is 0 Å². The molecular weight excluding hydrogens is 376 g/mol. The minimum atomic E-state index is -3.90. The van der Waals surface area contributed by atoms with Crippen molar-refractivity contribution in [3.63, 3.8) is 0 Å². The number of carboxylic acid groups (broad SMARTS) is 1. The zero-order chi connectivity index (χ0) is 19.2. The number of nitrogens with one attached hydrogen (secondary N) is 1. The van der Waals surface area contributed by atoms with E-state index in [2.05, 4.69) is 5.32 Å². The molecule has 2 N–H and O–H groups in total. The maximum absolute atomic E-state index is 12.6. The summed E-state index contributed by atoms with van der Waals surface area (Å²) >= 11 is 0. The number of sulfonamides is 1. The Morgan fingerprint density at radius 3 is 2.44 bits per heavy atom. The predicted octanol–water partition coefficient (Wildman–Crippen LogP) is 0.815. The number of amides is 1. The van der Waals surface area contributed by atoms with Crippen LogP contribution < -0.4 is 5.32 Å². The molecule has 1 aromatic heterocycles. The van der Waals surface area contributed by atoms with Gasteiger partial charge in [0, 0.05) is 19.0 Å². The number of rotatable bonds is 5. The third-order valence-corrected chi connectivity index (χ3v) is 7.42. The topological polar surface area (TPSA) is 126 Å². The van der Waals surface area contributed by atoms with Crippen molar-refractivity contribution in [3.8, 4) is 0 Å². The van der Waals surface area contributed by atoms with Crippen LogP contribution >= 0.6 is 0 Å². The van der Waals surface area contributed by atoms with E-state index in [1.807, 2.05) is 0 Å². The van der Waals surface area contributed by atoms with Gasteiger partial charge in [0.2, 0.25) is 16.8 Å². The molecule has 10 heteroatoms. The average molecular weight is 398 g/mol. The lowest BCUT2D eigenvalue weighted by atomic mass is 9.93. The second-order valence-electron chi connectivity index (χ2n) is 7.33. The van der Waals surface area contributed by atoms with Gasteiger partial charge in [-0.05, 0) is 44.2 Å². The van der Waals surface area contributed by atoms with Crippen molar-refractivity contribution in [2.75, 3.05) is 13.1 Å². The maximum atomic E-state index is 12.6. The highest BCUT2D eigenvalue weighted by Crippen LogP contribution is 2.34. The van der Waals surface area contributed by atoms with Crippen molar-refractivity contribution in [2.45, 2.75) is 55.4 Å².